The number of hydrogen-bond acceptors (Lipinski definition) is 16. The molecule has 3 amide bonds. The van der Waals surface area contributed by atoms with Gasteiger partial charge in [0.05, 0.1) is 40.9 Å². The second-order valence-corrected chi connectivity index (χ2v) is 36.6. The molecule has 5 fully saturated rings. The zero-order valence-electron chi connectivity index (χ0n) is 60.4. The van der Waals surface area contributed by atoms with E-state index in [4.69, 9.17) is 28.9 Å². The van der Waals surface area contributed by atoms with Gasteiger partial charge in [0.25, 0.3) is 0 Å². The molecule has 5 aliphatic rings. The predicted molar refractivity (Wildman–Crippen MR) is 386 cm³/mol. The molecule has 5 aliphatic heterocycles. The summed E-state index contributed by atoms with van der Waals surface area (Å²) in [5.74, 6) is 3.08. The summed E-state index contributed by atoms with van der Waals surface area (Å²) in [5, 5.41) is 35.2. The number of phenols is 1. The Morgan fingerprint density at radius 2 is 1.49 bits per heavy atom. The molecule has 3 N–H and O–H groups in total. The molecular formula is C77H100F2N12O8Si. The highest BCUT2D eigenvalue weighted by atomic mass is 28.3. The molecule has 20 nitrogen and oxygen atoms in total. The highest BCUT2D eigenvalue weighted by Gasteiger charge is 2.47. The maximum atomic E-state index is 18.0. The highest BCUT2D eigenvalue weighted by Crippen LogP contribution is 2.44. The van der Waals surface area contributed by atoms with Crippen LogP contribution in [0.2, 0.25) is 16.6 Å². The van der Waals surface area contributed by atoms with Gasteiger partial charge in [-0.1, -0.05) is 96.8 Å². The Balaban J connectivity index is 0.689. The molecule has 7 aromatic rings. The highest BCUT2D eigenvalue weighted by molar-refractivity contribution is 6.90. The van der Waals surface area contributed by atoms with Gasteiger partial charge in [-0.25, -0.2) is 13.6 Å². The number of carbonyl (C=O) groups is 3. The largest absolute Gasteiger partial charge is 0.508 e. The molecular weight excluding hydrogens is 1290 g/mol. The molecule has 534 valence electrons. The number of fused-ring (bicyclic) bond motifs is 4. The molecule has 2 bridgehead atoms. The average molecular weight is 1390 g/mol. The van der Waals surface area contributed by atoms with Crippen LogP contribution in [0.15, 0.2) is 77.6 Å². The summed E-state index contributed by atoms with van der Waals surface area (Å²) in [5.41, 5.74) is 6.89. The number of benzene rings is 3. The first-order valence-electron chi connectivity index (χ1n) is 36.2. The minimum Gasteiger partial charge on any atom is -0.508 e. The van der Waals surface area contributed by atoms with Gasteiger partial charge in [-0.3, -0.25) is 29.1 Å². The van der Waals surface area contributed by atoms with Crippen molar-refractivity contribution in [1.82, 2.24) is 49.9 Å². The number of hydrogen-bond donors (Lipinski definition) is 3. The lowest BCUT2D eigenvalue weighted by atomic mass is 9.83. The lowest BCUT2D eigenvalue weighted by molar-refractivity contribution is -0.141. The number of phenolic OH excluding ortho intramolecular Hbond substituents is 1. The number of anilines is 2. The number of aliphatic hydroxyl groups is 1. The summed E-state index contributed by atoms with van der Waals surface area (Å²) in [4.78, 5) is 66.7. The number of ether oxygens (including phenoxy) is 2. The molecule has 0 spiro atoms. The maximum Gasteiger partial charge on any atom is 0.410 e. The summed E-state index contributed by atoms with van der Waals surface area (Å²) < 4.78 is 54.5. The van der Waals surface area contributed by atoms with E-state index < -0.39 is 43.4 Å². The van der Waals surface area contributed by atoms with E-state index in [1.807, 2.05) is 94.6 Å². The van der Waals surface area contributed by atoms with E-state index in [0.717, 1.165) is 87.9 Å². The van der Waals surface area contributed by atoms with Gasteiger partial charge in [0.15, 0.2) is 17.4 Å². The van der Waals surface area contributed by atoms with Crippen LogP contribution >= 0.6 is 0 Å². The van der Waals surface area contributed by atoms with E-state index in [-0.39, 0.29) is 112 Å². The fourth-order valence-electron chi connectivity index (χ4n) is 16.9. The third-order valence-electron chi connectivity index (χ3n) is 22.1. The van der Waals surface area contributed by atoms with Crippen LogP contribution < -0.4 is 19.9 Å². The van der Waals surface area contributed by atoms with Crippen LogP contribution in [-0.4, -0.2) is 170 Å². The molecule has 23 heteroatoms. The van der Waals surface area contributed by atoms with E-state index in [2.05, 4.69) is 83.3 Å². The van der Waals surface area contributed by atoms with Crippen molar-refractivity contribution in [2.45, 2.75) is 193 Å². The van der Waals surface area contributed by atoms with Gasteiger partial charge < -0.3 is 44.2 Å². The number of amides is 3. The van der Waals surface area contributed by atoms with Crippen molar-refractivity contribution in [3.63, 3.8) is 0 Å². The number of aromatic nitrogens is 6. The van der Waals surface area contributed by atoms with Crippen molar-refractivity contribution in [3.05, 3.63) is 102 Å². The Hall–Kier alpha value is -8.20. The lowest BCUT2D eigenvalue weighted by Gasteiger charge is -2.42. The van der Waals surface area contributed by atoms with Crippen molar-refractivity contribution >= 4 is 59.3 Å². The van der Waals surface area contributed by atoms with Crippen molar-refractivity contribution in [2.75, 3.05) is 68.8 Å². The number of aryl methyl sites for hydroxylation is 1. The van der Waals surface area contributed by atoms with E-state index >= 15 is 8.78 Å². The van der Waals surface area contributed by atoms with Gasteiger partial charge in [0, 0.05) is 82.1 Å². The minimum absolute atomic E-state index is 0.00316. The zero-order chi connectivity index (χ0) is 71.2. The smallest absolute Gasteiger partial charge is 0.410 e. The molecule has 4 aromatic heterocycles. The van der Waals surface area contributed by atoms with Crippen LogP contribution in [0.25, 0.3) is 44.2 Å². The summed E-state index contributed by atoms with van der Waals surface area (Å²) in [6, 6.07) is 16.1. The lowest BCUT2D eigenvalue weighted by Crippen LogP contribution is -2.57. The first-order valence-corrected chi connectivity index (χ1v) is 38.4. The Morgan fingerprint density at radius 3 is 2.12 bits per heavy atom. The molecule has 12 rings (SSSR count). The Kier molecular flexibility index (Phi) is 21.1. The number of piperidine rings is 2. The predicted octanol–water partition coefficient (Wildman–Crippen LogP) is 13.4. The summed E-state index contributed by atoms with van der Waals surface area (Å²) in [6.07, 6.45) is 8.99. The number of nitrogens with zero attached hydrogens (tertiary/aromatic N) is 11. The first-order chi connectivity index (χ1) is 47.7. The fraction of sp³-hybridized carbons (Fsp3) is 0.558. The second kappa shape index (κ2) is 29.4. The molecule has 0 aliphatic carbocycles. The second-order valence-electron chi connectivity index (χ2n) is 31.0. The summed E-state index contributed by atoms with van der Waals surface area (Å²) >= 11 is 0. The van der Waals surface area contributed by atoms with Gasteiger partial charge in [-0.15, -0.1) is 5.54 Å². The number of nitrogens with one attached hydrogen (secondary N) is 1. The SMILES string of the molecule is CC(C)[C@@H](C(=O)N1C[C@H](O)C[C@H]1C(=O)N[C@@H](C)c1ccc(-c2ccnn2C)cc1)c1cc(N2CCC(CC3CCN(CCOc4nc(N5CC6CCC(C5)N6C(=O)OC(C)(C)C)c5cnc(-c6cc(O)cc7ccc(F)c(C#C[Si](C(C)C)(C(C)C)C(C)C)c67)c(F)c5n4)CC3)CC2)no1. The molecule has 2 unspecified atom stereocenters. The number of β-amino-alcohol motifs (C(OH)–C–C–N with tert-alkyl or cyclic N) is 1. The molecule has 9 heterocycles. The number of aromatic hydroxyl groups is 1. The van der Waals surface area contributed by atoms with E-state index in [1.165, 1.54) is 23.1 Å². The average Bonchev–Trinajstić information content (AvgIpc) is 0.858. The first kappa shape index (κ1) is 71.6. The normalized spacial score (nSPS) is 20.3. The van der Waals surface area contributed by atoms with Crippen molar-refractivity contribution in [1.29, 1.82) is 0 Å². The summed E-state index contributed by atoms with van der Waals surface area (Å²) in [6.45, 7) is 29.7. The van der Waals surface area contributed by atoms with Crippen LogP contribution in [0, 0.1) is 40.9 Å². The van der Waals surface area contributed by atoms with E-state index in [0.29, 0.717) is 65.0 Å². The number of halogens is 2. The number of aliphatic hydroxyl groups excluding tert-OH is 1. The molecule has 0 saturated carbocycles. The Morgan fingerprint density at radius 1 is 0.820 bits per heavy atom. The third kappa shape index (κ3) is 14.8. The number of likely N-dealkylation sites (tertiary alicyclic amines) is 2. The summed E-state index contributed by atoms with van der Waals surface area (Å²) in [7, 11) is -0.467. The maximum absolute atomic E-state index is 18.0. The monoisotopic (exact) mass is 1390 g/mol. The number of carbonyl (C=O) groups excluding carboxylic acids is 3. The van der Waals surface area contributed by atoms with Gasteiger partial charge in [0.2, 0.25) is 11.8 Å². The van der Waals surface area contributed by atoms with Gasteiger partial charge in [-0.2, -0.15) is 15.1 Å². The van der Waals surface area contributed by atoms with E-state index in [9.17, 15) is 24.6 Å². The van der Waals surface area contributed by atoms with Crippen molar-refractivity contribution in [3.8, 4) is 45.7 Å². The molecule has 3 aromatic carbocycles. The number of pyridine rings is 1. The molecule has 5 saturated heterocycles. The quantitative estimate of drug-likeness (QED) is 0.0506. The minimum atomic E-state index is -2.36. The Bertz CT molecular complexity index is 4150. The van der Waals surface area contributed by atoms with E-state index in [1.54, 1.807) is 18.5 Å². The van der Waals surface area contributed by atoms with Gasteiger partial charge in [0.1, 0.15) is 60.8 Å². The molecule has 6 atom stereocenters. The number of piperazine rings is 1. The zero-order valence-corrected chi connectivity index (χ0v) is 61.4. The van der Waals surface area contributed by atoms with Crippen LogP contribution in [0.4, 0.5) is 25.2 Å². The fourth-order valence-corrected chi connectivity index (χ4v) is 22.1. The van der Waals surface area contributed by atoms with Crippen molar-refractivity contribution < 1.29 is 47.4 Å². The topological polar surface area (TPSA) is 221 Å². The standard InChI is InChI=1S/C77H100F2N12O8Si/c1-45(2)67(74(95)90-44-58(93)39-64(90)73(94)82-49(9)52-14-16-53(17-15-52)63-22-28-81-86(63)13)65-40-66(85-99-65)88-31-25-51(26-32-88)36-50-23-29-87(30-24-50)33-34-97-75-83-71-61(72(84-75)89-42-55-19-20-56(43-89)91(55)76(96)98-77(10,11)12)41-80-70(69(71)79)60-38-57(92)37-54-18-21-62(78)59(68(54)60)27-35-100(46(3)4,47(5)6)48(7)8/h14-18,21-22,28,37-38,40-41,45-51,55-56,58,64,67,92-93H,19-20,23-26,29-34,36,39,42-44H2,1-13H3,(H,82,94)/t49-,55?,56?,58+,64-,67+/m0/s1. The van der Waals surface area contributed by atoms with Crippen molar-refractivity contribution in [2.24, 2.45) is 24.8 Å². The van der Waals surface area contributed by atoms with Crippen LogP contribution in [0.1, 0.15) is 163 Å². The van der Waals surface area contributed by atoms with Crippen LogP contribution in [0.5, 0.6) is 11.8 Å². The molecule has 100 heavy (non-hydrogen) atoms. The van der Waals surface area contributed by atoms with Crippen LogP contribution in [-0.2, 0) is 21.4 Å². The van der Waals surface area contributed by atoms with Gasteiger partial charge in [-0.05, 0) is 161 Å². The number of rotatable bonds is 19. The molecule has 0 radical (unpaired) electrons. The Labute approximate surface area is 587 Å². The third-order valence-corrected chi connectivity index (χ3v) is 28.4. The van der Waals surface area contributed by atoms with Crippen LogP contribution in [0.3, 0.4) is 0 Å². The van der Waals surface area contributed by atoms with Gasteiger partial charge >= 0.3 is 12.1 Å².